The van der Waals surface area contributed by atoms with Gasteiger partial charge in [0.05, 0.1) is 23.2 Å². The summed E-state index contributed by atoms with van der Waals surface area (Å²) in [6, 6.07) is 11.2. The van der Waals surface area contributed by atoms with Crippen LogP contribution in [-0.2, 0) is 14.3 Å². The lowest BCUT2D eigenvalue weighted by Crippen LogP contribution is -2.47. The average molecular weight is 438 g/mol. The third-order valence-corrected chi connectivity index (χ3v) is 5.91. The number of hydrogen-bond acceptors (Lipinski definition) is 7. The van der Waals surface area contributed by atoms with Gasteiger partial charge in [0.2, 0.25) is 0 Å². The second kappa shape index (κ2) is 8.85. The zero-order chi connectivity index (χ0) is 22.0. The van der Waals surface area contributed by atoms with Crippen LogP contribution in [0.4, 0.5) is 5.69 Å². The Balaban J connectivity index is 1.64. The number of pyridine rings is 1. The third kappa shape index (κ3) is 4.44. The first-order chi connectivity index (χ1) is 15.0. The quantitative estimate of drug-likeness (QED) is 0.534. The van der Waals surface area contributed by atoms with E-state index in [-0.39, 0.29) is 18.6 Å². The fourth-order valence-corrected chi connectivity index (χ4v) is 4.02. The van der Waals surface area contributed by atoms with Crippen molar-refractivity contribution in [2.75, 3.05) is 11.4 Å². The summed E-state index contributed by atoms with van der Waals surface area (Å²) in [4.78, 5) is 35.6. The lowest BCUT2D eigenvalue weighted by Gasteiger charge is -2.32. The number of thiazole rings is 1. The highest BCUT2D eigenvalue weighted by Gasteiger charge is 2.33. The molecule has 1 aromatic carbocycles. The van der Waals surface area contributed by atoms with Gasteiger partial charge >= 0.3 is 5.97 Å². The van der Waals surface area contributed by atoms with E-state index < -0.39 is 12.1 Å². The Morgan fingerprint density at radius 1 is 1.29 bits per heavy atom. The zero-order valence-corrected chi connectivity index (χ0v) is 18.4. The number of hydrogen-bond donors (Lipinski definition) is 0. The molecular weight excluding hydrogens is 414 g/mol. The number of benzene rings is 1. The molecule has 7 nitrogen and oxygen atoms in total. The summed E-state index contributed by atoms with van der Waals surface area (Å²) in [5.41, 5.74) is 2.93. The molecule has 160 valence electrons. The van der Waals surface area contributed by atoms with Gasteiger partial charge in [-0.05, 0) is 50.6 Å². The molecule has 1 aliphatic rings. The number of anilines is 1. The van der Waals surface area contributed by atoms with Crippen LogP contribution < -0.4 is 9.64 Å². The molecule has 0 spiro atoms. The molecule has 0 N–H and O–H groups in total. The highest BCUT2D eigenvalue weighted by atomic mass is 32.1. The molecule has 0 radical (unpaired) electrons. The Bertz CT molecular complexity index is 1100. The zero-order valence-electron chi connectivity index (χ0n) is 17.6. The summed E-state index contributed by atoms with van der Waals surface area (Å²) in [5.74, 6) is -0.176. The van der Waals surface area contributed by atoms with Gasteiger partial charge in [-0.3, -0.25) is 19.5 Å². The van der Waals surface area contributed by atoms with Gasteiger partial charge in [0.15, 0.2) is 6.10 Å². The summed E-state index contributed by atoms with van der Waals surface area (Å²) < 4.78 is 11.1. The Morgan fingerprint density at radius 2 is 2.13 bits per heavy atom. The molecule has 0 fully saturated rings. The van der Waals surface area contributed by atoms with Crippen LogP contribution in [0.1, 0.15) is 27.2 Å². The third-order valence-electron chi connectivity index (χ3n) is 5.05. The normalized spacial score (nSPS) is 16.4. The van der Waals surface area contributed by atoms with E-state index in [9.17, 15) is 9.59 Å². The van der Waals surface area contributed by atoms with Crippen molar-refractivity contribution in [3.8, 4) is 27.7 Å². The first-order valence-electron chi connectivity index (χ1n) is 10.1. The molecule has 3 heterocycles. The number of rotatable bonds is 6. The molecule has 0 saturated heterocycles. The number of carbonyl (C=O) groups is 2. The van der Waals surface area contributed by atoms with Crippen molar-refractivity contribution in [3.63, 3.8) is 0 Å². The standard InChI is InChI=1S/C23H23N3O4S/c1-4-14(2)29-21(27)12-26-19-11-16(8-9-20(19)30-15(3)23(26)28)18-13-31-22(25-18)17-7-5-6-10-24-17/h5-11,13-15H,4,12H2,1-3H3. The predicted molar refractivity (Wildman–Crippen MR) is 119 cm³/mol. The summed E-state index contributed by atoms with van der Waals surface area (Å²) in [6.07, 6.45) is 1.56. The predicted octanol–water partition coefficient (Wildman–Crippen LogP) is 4.33. The van der Waals surface area contributed by atoms with Crippen LogP contribution in [0, 0.1) is 0 Å². The summed E-state index contributed by atoms with van der Waals surface area (Å²) >= 11 is 1.50. The smallest absolute Gasteiger partial charge is 0.326 e. The molecule has 2 atom stereocenters. The number of nitrogens with zero attached hydrogens (tertiary/aromatic N) is 3. The van der Waals surface area contributed by atoms with Gasteiger partial charge in [0.1, 0.15) is 17.3 Å². The molecular formula is C23H23N3O4S. The SMILES string of the molecule is CCC(C)OC(=O)CN1C(=O)C(C)Oc2ccc(-c3csc(-c4ccccn4)n3)cc21. The molecule has 2 aromatic heterocycles. The van der Waals surface area contributed by atoms with Gasteiger partial charge in [-0.25, -0.2) is 4.98 Å². The maximum absolute atomic E-state index is 12.8. The molecule has 0 bridgehead atoms. The van der Waals surface area contributed by atoms with Crippen LogP contribution in [0.2, 0.25) is 0 Å². The van der Waals surface area contributed by atoms with Crippen LogP contribution in [0.5, 0.6) is 5.75 Å². The van der Waals surface area contributed by atoms with Gasteiger partial charge in [-0.2, -0.15) is 0 Å². The fraction of sp³-hybridized carbons (Fsp3) is 0.304. The summed E-state index contributed by atoms with van der Waals surface area (Å²) in [6.45, 7) is 5.28. The molecule has 2 unspecified atom stereocenters. The average Bonchev–Trinajstić information content (AvgIpc) is 3.27. The Hall–Kier alpha value is -3.26. The van der Waals surface area contributed by atoms with Gasteiger partial charge in [0, 0.05) is 17.1 Å². The maximum atomic E-state index is 12.8. The lowest BCUT2D eigenvalue weighted by atomic mass is 10.1. The first kappa shape index (κ1) is 21.0. The first-order valence-corrected chi connectivity index (χ1v) is 11.0. The largest absolute Gasteiger partial charge is 0.479 e. The highest BCUT2D eigenvalue weighted by molar-refractivity contribution is 7.13. The number of amides is 1. The number of aromatic nitrogens is 2. The molecule has 1 aliphatic heterocycles. The van der Waals surface area contributed by atoms with Crippen molar-refractivity contribution in [1.82, 2.24) is 9.97 Å². The molecule has 3 aromatic rings. The van der Waals surface area contributed by atoms with Gasteiger partial charge in [-0.15, -0.1) is 11.3 Å². The maximum Gasteiger partial charge on any atom is 0.326 e. The van der Waals surface area contributed by atoms with Crippen molar-refractivity contribution in [2.24, 2.45) is 0 Å². The van der Waals surface area contributed by atoms with Crippen molar-refractivity contribution >= 4 is 28.9 Å². The molecule has 31 heavy (non-hydrogen) atoms. The fourth-order valence-electron chi connectivity index (χ4n) is 3.22. The molecule has 0 saturated carbocycles. The van der Waals surface area contributed by atoms with Crippen molar-refractivity contribution < 1.29 is 19.1 Å². The van der Waals surface area contributed by atoms with E-state index in [2.05, 4.69) is 4.98 Å². The van der Waals surface area contributed by atoms with Gasteiger partial charge in [-0.1, -0.05) is 13.0 Å². The van der Waals surface area contributed by atoms with Crippen molar-refractivity contribution in [2.45, 2.75) is 39.4 Å². The molecule has 0 aliphatic carbocycles. The number of fused-ring (bicyclic) bond motifs is 1. The van der Waals surface area contributed by atoms with E-state index in [1.165, 1.54) is 16.2 Å². The minimum atomic E-state index is -0.676. The monoisotopic (exact) mass is 437 g/mol. The Labute approximate surface area is 184 Å². The van der Waals surface area contributed by atoms with E-state index in [1.807, 2.05) is 49.6 Å². The van der Waals surface area contributed by atoms with Crippen LogP contribution >= 0.6 is 11.3 Å². The Morgan fingerprint density at radius 3 is 2.87 bits per heavy atom. The van der Waals surface area contributed by atoms with Crippen LogP contribution in [-0.4, -0.2) is 40.6 Å². The minimum absolute atomic E-state index is 0.163. The van der Waals surface area contributed by atoms with E-state index >= 15 is 0 Å². The second-order valence-corrected chi connectivity index (χ2v) is 8.19. The number of carbonyl (C=O) groups excluding carboxylic acids is 2. The van der Waals surface area contributed by atoms with Crippen molar-refractivity contribution in [3.05, 3.63) is 48.0 Å². The topological polar surface area (TPSA) is 81.6 Å². The molecule has 8 heteroatoms. The summed E-state index contributed by atoms with van der Waals surface area (Å²) in [5, 5.41) is 2.75. The minimum Gasteiger partial charge on any atom is -0.479 e. The van der Waals surface area contributed by atoms with Gasteiger partial charge < -0.3 is 9.47 Å². The van der Waals surface area contributed by atoms with Gasteiger partial charge in [0.25, 0.3) is 5.91 Å². The van der Waals surface area contributed by atoms with Crippen LogP contribution in [0.3, 0.4) is 0 Å². The molecule has 1 amide bonds. The van der Waals surface area contributed by atoms with E-state index in [0.29, 0.717) is 17.9 Å². The number of ether oxygens (including phenoxy) is 2. The van der Waals surface area contributed by atoms with E-state index in [4.69, 9.17) is 14.5 Å². The van der Waals surface area contributed by atoms with E-state index in [1.54, 1.807) is 19.2 Å². The molecule has 4 rings (SSSR count). The number of esters is 1. The van der Waals surface area contributed by atoms with E-state index in [0.717, 1.165) is 22.0 Å². The van der Waals surface area contributed by atoms with Crippen LogP contribution in [0.15, 0.2) is 48.0 Å². The van der Waals surface area contributed by atoms with Crippen molar-refractivity contribution in [1.29, 1.82) is 0 Å². The second-order valence-electron chi connectivity index (χ2n) is 7.33. The van der Waals surface area contributed by atoms with Crippen LogP contribution in [0.25, 0.3) is 22.0 Å². The lowest BCUT2D eigenvalue weighted by molar-refractivity contribution is -0.147. The highest BCUT2D eigenvalue weighted by Crippen LogP contribution is 2.38. The Kier molecular flexibility index (Phi) is 5.99. The summed E-state index contributed by atoms with van der Waals surface area (Å²) in [7, 11) is 0.